The number of alkyl halides is 3. The van der Waals surface area contributed by atoms with E-state index in [1.54, 1.807) is 6.92 Å². The number of anilines is 1. The van der Waals surface area contributed by atoms with E-state index in [9.17, 15) is 31.5 Å². The van der Waals surface area contributed by atoms with Gasteiger partial charge in [0.25, 0.3) is 5.91 Å². The molecule has 1 aromatic heterocycles. The fourth-order valence-electron chi connectivity index (χ4n) is 4.03. The highest BCUT2D eigenvalue weighted by atomic mass is 32.2. The molecule has 1 atom stereocenters. The molecule has 1 heterocycles. The molecule has 10 heteroatoms. The number of hydrogen-bond donors (Lipinski definition) is 2. The number of carbonyl (C=O) groups is 1. The van der Waals surface area contributed by atoms with Gasteiger partial charge in [0.15, 0.2) is 9.84 Å². The zero-order chi connectivity index (χ0) is 25.3. The van der Waals surface area contributed by atoms with Gasteiger partial charge in [-0.1, -0.05) is 19.1 Å². The summed E-state index contributed by atoms with van der Waals surface area (Å²) in [6.45, 7) is 3.15. The lowest BCUT2D eigenvalue weighted by Gasteiger charge is -2.18. The van der Waals surface area contributed by atoms with Crippen molar-refractivity contribution in [1.29, 1.82) is 0 Å². The Bertz CT molecular complexity index is 1240. The molecule has 3 rings (SSSR count). The minimum atomic E-state index is -4.57. The number of halogens is 3. The van der Waals surface area contributed by atoms with Crippen molar-refractivity contribution in [2.75, 3.05) is 18.2 Å². The average molecular weight is 497 g/mol. The molecule has 0 saturated heterocycles. The fraction of sp³-hybridized carbons (Fsp3) is 0.375. The Morgan fingerprint density at radius 1 is 1.24 bits per heavy atom. The van der Waals surface area contributed by atoms with Gasteiger partial charge in [-0.3, -0.25) is 4.79 Å². The van der Waals surface area contributed by atoms with Crippen LogP contribution in [-0.2, 0) is 16.4 Å². The summed E-state index contributed by atoms with van der Waals surface area (Å²) in [5.41, 5.74) is 0.507. The third-order valence-corrected chi connectivity index (χ3v) is 6.94. The summed E-state index contributed by atoms with van der Waals surface area (Å²) in [5, 5.41) is 12.2. The second kappa shape index (κ2) is 9.79. The molecule has 6 nitrogen and oxygen atoms in total. The number of allylic oxidation sites excluding steroid dienone is 4. The maximum atomic E-state index is 13.9. The molecule has 2 aromatic rings. The molecular formula is C24H27F3N2O4S. The van der Waals surface area contributed by atoms with Crippen molar-refractivity contribution in [2.24, 2.45) is 5.92 Å². The highest BCUT2D eigenvalue weighted by molar-refractivity contribution is 7.90. The average Bonchev–Trinajstić information content (AvgIpc) is 2.92. The fourth-order valence-corrected chi connectivity index (χ4v) is 4.66. The number of carbonyl (C=O) groups excluding carboxylic acids is 1. The second-order valence-electron chi connectivity index (χ2n) is 8.45. The van der Waals surface area contributed by atoms with Gasteiger partial charge < -0.3 is 15.0 Å². The lowest BCUT2D eigenvalue weighted by atomic mass is 9.96. The molecule has 2 N–H and O–H groups in total. The number of aromatic nitrogens is 1. The maximum absolute atomic E-state index is 13.9. The van der Waals surface area contributed by atoms with Crippen molar-refractivity contribution >= 4 is 27.0 Å². The standard InChI is InChI=1S/C24H27F3N2O4S/c1-15-4-10-19(21(11-5-15)24(25,26)27)22-16(2)20(14-29(22)12-13-30)23(31)28-17-6-8-18(9-7-17)34(3,32)33/h5-9,11,14-15,30H,4,10,12-13H2,1-3H3,(H,28,31). The third-order valence-electron chi connectivity index (χ3n) is 5.81. The van der Waals surface area contributed by atoms with Crippen LogP contribution in [0.15, 0.2) is 53.1 Å². The van der Waals surface area contributed by atoms with Gasteiger partial charge in [0.2, 0.25) is 0 Å². The van der Waals surface area contributed by atoms with Gasteiger partial charge in [0, 0.05) is 30.4 Å². The van der Waals surface area contributed by atoms with Crippen LogP contribution in [0.1, 0.15) is 41.4 Å². The van der Waals surface area contributed by atoms with Gasteiger partial charge in [0.1, 0.15) is 0 Å². The molecule has 184 valence electrons. The molecule has 1 aliphatic rings. The third kappa shape index (κ3) is 5.61. The molecule has 1 unspecified atom stereocenters. The van der Waals surface area contributed by atoms with Gasteiger partial charge in [0.05, 0.1) is 22.6 Å². The minimum Gasteiger partial charge on any atom is -0.395 e. The Kier molecular flexibility index (Phi) is 7.42. The molecule has 0 radical (unpaired) electrons. The van der Waals surface area contributed by atoms with E-state index in [2.05, 4.69) is 5.32 Å². The number of aliphatic hydroxyl groups is 1. The number of amides is 1. The van der Waals surface area contributed by atoms with Crippen LogP contribution in [0.2, 0.25) is 0 Å². The Morgan fingerprint density at radius 3 is 2.44 bits per heavy atom. The molecule has 0 aliphatic heterocycles. The van der Waals surface area contributed by atoms with Gasteiger partial charge in [-0.05, 0) is 61.1 Å². The summed E-state index contributed by atoms with van der Waals surface area (Å²) in [7, 11) is -3.39. The second-order valence-corrected chi connectivity index (χ2v) is 10.5. The Labute approximate surface area is 196 Å². The van der Waals surface area contributed by atoms with Crippen LogP contribution in [0, 0.1) is 12.8 Å². The molecule has 0 saturated carbocycles. The lowest BCUT2D eigenvalue weighted by Crippen LogP contribution is -2.15. The SMILES string of the molecule is Cc1c(C(=O)Nc2ccc(S(C)(=O)=O)cc2)cn(CCO)c1C1=C(C(F)(F)F)C=CC(C)CC1. The summed E-state index contributed by atoms with van der Waals surface area (Å²) < 4.78 is 66.5. The Balaban J connectivity index is 2.04. The summed E-state index contributed by atoms with van der Waals surface area (Å²) in [5.74, 6) is -0.580. The first-order valence-electron chi connectivity index (χ1n) is 10.7. The minimum absolute atomic E-state index is 0.0282. The zero-order valence-corrected chi connectivity index (χ0v) is 19.9. The van der Waals surface area contributed by atoms with Crippen LogP contribution in [-0.4, -0.2) is 43.0 Å². The first kappa shape index (κ1) is 25.8. The number of hydrogen-bond acceptors (Lipinski definition) is 4. The van der Waals surface area contributed by atoms with Crippen LogP contribution >= 0.6 is 0 Å². The van der Waals surface area contributed by atoms with Crippen LogP contribution in [0.5, 0.6) is 0 Å². The van der Waals surface area contributed by atoms with E-state index < -0.39 is 27.5 Å². The molecule has 0 fully saturated rings. The number of nitrogens with one attached hydrogen (secondary N) is 1. The van der Waals surface area contributed by atoms with E-state index in [1.807, 2.05) is 6.92 Å². The lowest BCUT2D eigenvalue weighted by molar-refractivity contribution is -0.0877. The number of aliphatic hydroxyl groups excluding tert-OH is 1. The molecule has 0 spiro atoms. The first-order chi connectivity index (χ1) is 15.8. The van der Waals surface area contributed by atoms with Crippen molar-refractivity contribution in [3.8, 4) is 0 Å². The van der Waals surface area contributed by atoms with E-state index in [4.69, 9.17) is 0 Å². The van der Waals surface area contributed by atoms with Crippen molar-refractivity contribution in [2.45, 2.75) is 44.3 Å². The largest absolute Gasteiger partial charge is 0.416 e. The van der Waals surface area contributed by atoms with Gasteiger partial charge in [-0.25, -0.2) is 8.42 Å². The van der Waals surface area contributed by atoms with E-state index >= 15 is 0 Å². The summed E-state index contributed by atoms with van der Waals surface area (Å²) in [4.78, 5) is 13.1. The molecule has 34 heavy (non-hydrogen) atoms. The van der Waals surface area contributed by atoms with E-state index in [0.717, 1.165) is 12.3 Å². The molecule has 1 amide bonds. The highest BCUT2D eigenvalue weighted by Gasteiger charge is 2.37. The van der Waals surface area contributed by atoms with Crippen molar-refractivity contribution < 1.29 is 31.5 Å². The zero-order valence-electron chi connectivity index (χ0n) is 19.1. The van der Waals surface area contributed by atoms with Crippen LogP contribution in [0.25, 0.3) is 5.57 Å². The Hall–Kier alpha value is -2.85. The topological polar surface area (TPSA) is 88.4 Å². The first-order valence-corrected chi connectivity index (χ1v) is 12.6. The maximum Gasteiger partial charge on any atom is 0.416 e. The van der Waals surface area contributed by atoms with E-state index in [1.165, 1.54) is 41.1 Å². The molecule has 1 aliphatic carbocycles. The van der Waals surface area contributed by atoms with Gasteiger partial charge in [-0.2, -0.15) is 13.2 Å². The summed E-state index contributed by atoms with van der Waals surface area (Å²) in [6.07, 6.45) is 1.28. The molecular weight excluding hydrogens is 469 g/mol. The van der Waals surface area contributed by atoms with Crippen molar-refractivity contribution in [3.63, 3.8) is 0 Å². The summed E-state index contributed by atoms with van der Waals surface area (Å²) >= 11 is 0. The molecule has 0 bridgehead atoms. The number of rotatable bonds is 6. The van der Waals surface area contributed by atoms with Crippen LogP contribution in [0.3, 0.4) is 0 Å². The van der Waals surface area contributed by atoms with Crippen molar-refractivity contribution in [3.05, 3.63) is 65.0 Å². The van der Waals surface area contributed by atoms with Crippen LogP contribution < -0.4 is 5.32 Å². The molecule has 1 aromatic carbocycles. The van der Waals surface area contributed by atoms with Gasteiger partial charge >= 0.3 is 6.18 Å². The van der Waals surface area contributed by atoms with Gasteiger partial charge in [-0.15, -0.1) is 0 Å². The van der Waals surface area contributed by atoms with Crippen LogP contribution in [0.4, 0.5) is 18.9 Å². The van der Waals surface area contributed by atoms with E-state index in [0.29, 0.717) is 17.7 Å². The predicted octanol–water partition coefficient (Wildman–Crippen LogP) is 4.75. The highest BCUT2D eigenvalue weighted by Crippen LogP contribution is 2.40. The number of nitrogens with zero attached hydrogens (tertiary/aromatic N) is 1. The summed E-state index contributed by atoms with van der Waals surface area (Å²) in [6, 6.07) is 5.60. The van der Waals surface area contributed by atoms with E-state index in [-0.39, 0.29) is 47.2 Å². The quantitative estimate of drug-likeness (QED) is 0.604. The number of sulfone groups is 1. The van der Waals surface area contributed by atoms with Crippen molar-refractivity contribution in [1.82, 2.24) is 4.57 Å². The normalized spacial score (nSPS) is 17.1. The smallest absolute Gasteiger partial charge is 0.395 e. The number of benzene rings is 1. The monoisotopic (exact) mass is 496 g/mol. The predicted molar refractivity (Wildman–Crippen MR) is 124 cm³/mol. The Morgan fingerprint density at radius 2 is 1.88 bits per heavy atom.